The van der Waals surface area contributed by atoms with Crippen LogP contribution < -0.4 is 10.6 Å². The first-order valence-electron chi connectivity index (χ1n) is 10.9. The van der Waals surface area contributed by atoms with Gasteiger partial charge in [0.05, 0.1) is 17.9 Å². The molecular formula is C24H25N3O5S. The van der Waals surface area contributed by atoms with Crippen LogP contribution in [-0.2, 0) is 19.1 Å². The van der Waals surface area contributed by atoms with Crippen molar-refractivity contribution in [2.24, 2.45) is 5.92 Å². The highest BCUT2D eigenvalue weighted by Crippen LogP contribution is 2.36. The molecule has 0 spiro atoms. The van der Waals surface area contributed by atoms with Crippen LogP contribution in [0.3, 0.4) is 0 Å². The van der Waals surface area contributed by atoms with Gasteiger partial charge in [-0.2, -0.15) is 0 Å². The summed E-state index contributed by atoms with van der Waals surface area (Å²) in [6, 6.07) is 14.0. The van der Waals surface area contributed by atoms with Crippen molar-refractivity contribution < 1.29 is 23.9 Å². The molecule has 4 rings (SSSR count). The second kappa shape index (κ2) is 10.1. The molecule has 8 nitrogen and oxygen atoms in total. The van der Waals surface area contributed by atoms with Crippen molar-refractivity contribution in [2.45, 2.75) is 29.9 Å². The molecule has 0 radical (unpaired) electrons. The summed E-state index contributed by atoms with van der Waals surface area (Å²) in [7, 11) is 0. The maximum Gasteiger partial charge on any atom is 0.338 e. The van der Waals surface area contributed by atoms with Crippen LogP contribution in [0.25, 0.3) is 0 Å². The molecule has 3 amide bonds. The third kappa shape index (κ3) is 5.19. The molecule has 0 aromatic heterocycles. The summed E-state index contributed by atoms with van der Waals surface area (Å²) < 4.78 is 5.00. The normalized spacial score (nSPS) is 18.2. The summed E-state index contributed by atoms with van der Waals surface area (Å²) in [6.07, 6.45) is 1.01. The number of benzene rings is 2. The largest absolute Gasteiger partial charge is 0.462 e. The zero-order valence-corrected chi connectivity index (χ0v) is 19.0. The Labute approximate surface area is 196 Å². The number of hydrogen-bond acceptors (Lipinski definition) is 6. The lowest BCUT2D eigenvalue weighted by atomic mass is 9.95. The van der Waals surface area contributed by atoms with Gasteiger partial charge >= 0.3 is 5.97 Å². The molecule has 2 N–H and O–H groups in total. The van der Waals surface area contributed by atoms with Gasteiger partial charge < -0.3 is 20.3 Å². The average molecular weight is 468 g/mol. The number of carbonyl (C=O) groups is 4. The Bertz CT molecular complexity index is 1080. The Kier molecular flexibility index (Phi) is 6.98. The van der Waals surface area contributed by atoms with Crippen LogP contribution in [0.2, 0.25) is 0 Å². The number of likely N-dealkylation sites (tertiary alicyclic amines) is 1. The third-order valence-electron chi connectivity index (χ3n) is 5.67. The van der Waals surface area contributed by atoms with Gasteiger partial charge in [-0.25, -0.2) is 4.79 Å². The van der Waals surface area contributed by atoms with E-state index in [4.69, 9.17) is 4.74 Å². The van der Waals surface area contributed by atoms with Gasteiger partial charge in [0.15, 0.2) is 5.25 Å². The number of piperidine rings is 1. The lowest BCUT2D eigenvalue weighted by Gasteiger charge is -2.34. The molecule has 9 heteroatoms. The molecule has 0 aliphatic carbocycles. The summed E-state index contributed by atoms with van der Waals surface area (Å²) in [5.74, 6) is -1.39. The number of ether oxygens (including phenoxy) is 1. The van der Waals surface area contributed by atoms with E-state index in [0.29, 0.717) is 37.2 Å². The van der Waals surface area contributed by atoms with Crippen LogP contribution in [0.4, 0.5) is 11.4 Å². The molecule has 2 aromatic rings. The molecule has 172 valence electrons. The number of para-hydroxylation sites is 1. The zero-order valence-electron chi connectivity index (χ0n) is 18.2. The van der Waals surface area contributed by atoms with Gasteiger partial charge in [-0.3, -0.25) is 14.4 Å². The van der Waals surface area contributed by atoms with Crippen molar-refractivity contribution in [2.75, 3.05) is 30.3 Å². The average Bonchev–Trinajstić information content (AvgIpc) is 2.83. The van der Waals surface area contributed by atoms with Gasteiger partial charge in [-0.1, -0.05) is 18.2 Å². The Morgan fingerprint density at radius 1 is 1.12 bits per heavy atom. The Balaban J connectivity index is 1.32. The van der Waals surface area contributed by atoms with Crippen LogP contribution in [-0.4, -0.2) is 53.5 Å². The minimum absolute atomic E-state index is 0.151. The van der Waals surface area contributed by atoms with Gasteiger partial charge in [0.25, 0.3) is 0 Å². The van der Waals surface area contributed by atoms with E-state index in [-0.39, 0.29) is 30.2 Å². The molecule has 2 aromatic carbocycles. The van der Waals surface area contributed by atoms with Crippen molar-refractivity contribution in [1.82, 2.24) is 4.90 Å². The van der Waals surface area contributed by atoms with Gasteiger partial charge in [0, 0.05) is 29.6 Å². The smallest absolute Gasteiger partial charge is 0.338 e. The monoisotopic (exact) mass is 467 g/mol. The number of thioether (sulfide) groups is 1. The molecule has 2 aliphatic heterocycles. The Morgan fingerprint density at radius 2 is 1.88 bits per heavy atom. The fraction of sp³-hybridized carbons (Fsp3) is 0.333. The molecule has 33 heavy (non-hydrogen) atoms. The maximum absolute atomic E-state index is 13.0. The van der Waals surface area contributed by atoms with Crippen molar-refractivity contribution in [3.05, 3.63) is 54.1 Å². The van der Waals surface area contributed by atoms with Gasteiger partial charge in [-0.15, -0.1) is 11.8 Å². The van der Waals surface area contributed by atoms with E-state index >= 15 is 0 Å². The Morgan fingerprint density at radius 3 is 2.64 bits per heavy atom. The minimum atomic E-state index is -0.823. The molecule has 1 unspecified atom stereocenters. The highest BCUT2D eigenvalue weighted by Gasteiger charge is 2.37. The van der Waals surface area contributed by atoms with Crippen LogP contribution in [0, 0.1) is 5.92 Å². The quantitative estimate of drug-likeness (QED) is 0.517. The van der Waals surface area contributed by atoms with E-state index in [9.17, 15) is 19.2 Å². The number of esters is 1. The maximum atomic E-state index is 13.0. The minimum Gasteiger partial charge on any atom is -0.462 e. The molecule has 1 atom stereocenters. The number of amides is 3. The standard InChI is InChI=1S/C24H25N3O5S/c1-2-32-24(31)16-6-5-7-17(14-16)25-21(28)15-10-12-27(13-11-15)23(30)20-22(29)26-18-8-3-4-9-19(18)33-20/h3-9,14-15,20H,2,10-13H2,1H3,(H,25,28)(H,26,29). The molecule has 1 saturated heterocycles. The summed E-state index contributed by atoms with van der Waals surface area (Å²) >= 11 is 1.26. The number of nitrogens with one attached hydrogen (secondary N) is 2. The Hall–Kier alpha value is -3.33. The van der Waals surface area contributed by atoms with Gasteiger partial charge in [0.1, 0.15) is 0 Å². The summed E-state index contributed by atoms with van der Waals surface area (Å²) in [6.45, 7) is 2.83. The molecule has 2 aliphatic rings. The first-order chi connectivity index (χ1) is 16.0. The second-order valence-electron chi connectivity index (χ2n) is 7.87. The summed E-state index contributed by atoms with van der Waals surface area (Å²) in [5, 5.41) is 4.83. The lowest BCUT2D eigenvalue weighted by Crippen LogP contribution is -2.48. The SMILES string of the molecule is CCOC(=O)c1cccc(NC(=O)C2CCN(C(=O)C3Sc4ccccc4NC3=O)CC2)c1. The topological polar surface area (TPSA) is 105 Å². The molecule has 0 saturated carbocycles. The van der Waals surface area contributed by atoms with Crippen molar-refractivity contribution >= 4 is 46.8 Å². The summed E-state index contributed by atoms with van der Waals surface area (Å²) in [5.41, 5.74) is 1.62. The zero-order chi connectivity index (χ0) is 23.4. The van der Waals surface area contributed by atoms with Crippen LogP contribution >= 0.6 is 11.8 Å². The number of hydrogen-bond donors (Lipinski definition) is 2. The second-order valence-corrected chi connectivity index (χ2v) is 9.02. The van der Waals surface area contributed by atoms with E-state index < -0.39 is 11.2 Å². The number of nitrogens with zero attached hydrogens (tertiary/aromatic N) is 1. The van der Waals surface area contributed by atoms with Crippen LogP contribution in [0.15, 0.2) is 53.4 Å². The highest BCUT2D eigenvalue weighted by molar-refractivity contribution is 8.01. The first-order valence-corrected chi connectivity index (χ1v) is 11.8. The van der Waals surface area contributed by atoms with E-state index in [0.717, 1.165) is 10.6 Å². The van der Waals surface area contributed by atoms with Crippen molar-refractivity contribution in [1.29, 1.82) is 0 Å². The van der Waals surface area contributed by atoms with Crippen molar-refractivity contribution in [3.8, 4) is 0 Å². The van der Waals surface area contributed by atoms with Gasteiger partial charge in [0.2, 0.25) is 17.7 Å². The van der Waals surface area contributed by atoms with E-state index in [2.05, 4.69) is 10.6 Å². The van der Waals surface area contributed by atoms with Crippen molar-refractivity contribution in [3.63, 3.8) is 0 Å². The fourth-order valence-electron chi connectivity index (χ4n) is 3.92. The van der Waals surface area contributed by atoms with Gasteiger partial charge in [-0.05, 0) is 50.1 Å². The number of anilines is 2. The predicted octanol–water partition coefficient (Wildman–Crippen LogP) is 3.15. The fourth-order valence-corrected chi connectivity index (χ4v) is 5.00. The first kappa shape index (κ1) is 22.8. The highest BCUT2D eigenvalue weighted by atomic mass is 32.2. The van der Waals surface area contributed by atoms with E-state index in [1.165, 1.54) is 11.8 Å². The number of fused-ring (bicyclic) bond motifs is 1. The number of carbonyl (C=O) groups excluding carboxylic acids is 4. The summed E-state index contributed by atoms with van der Waals surface area (Å²) in [4.78, 5) is 52.6. The predicted molar refractivity (Wildman–Crippen MR) is 125 cm³/mol. The van der Waals surface area contributed by atoms with E-state index in [1.807, 2.05) is 24.3 Å². The third-order valence-corrected chi connectivity index (χ3v) is 6.93. The molecule has 1 fully saturated rings. The van der Waals surface area contributed by atoms with Crippen LogP contribution in [0.1, 0.15) is 30.1 Å². The molecular weight excluding hydrogens is 442 g/mol. The van der Waals surface area contributed by atoms with E-state index in [1.54, 1.807) is 36.1 Å². The molecule has 2 heterocycles. The lowest BCUT2D eigenvalue weighted by molar-refractivity contribution is -0.136. The van der Waals surface area contributed by atoms with Crippen LogP contribution in [0.5, 0.6) is 0 Å². The number of rotatable bonds is 5. The molecule has 0 bridgehead atoms.